The summed E-state index contributed by atoms with van der Waals surface area (Å²) in [5, 5.41) is 0. The molecule has 32 heavy (non-hydrogen) atoms. The van der Waals surface area contributed by atoms with E-state index in [-0.39, 0.29) is 18.0 Å². The van der Waals surface area contributed by atoms with Crippen molar-refractivity contribution in [2.45, 2.75) is 51.8 Å². The van der Waals surface area contributed by atoms with Gasteiger partial charge < -0.3 is 4.74 Å². The predicted molar refractivity (Wildman–Crippen MR) is 120 cm³/mol. The normalized spacial score (nSPS) is 20.5. The molecule has 1 unspecified atom stereocenters. The van der Waals surface area contributed by atoms with Crippen LogP contribution in [-0.4, -0.2) is 38.4 Å². The zero-order valence-corrected chi connectivity index (χ0v) is 18.9. The van der Waals surface area contributed by atoms with E-state index in [1.165, 1.54) is 6.07 Å². The zero-order chi connectivity index (χ0) is 22.7. The van der Waals surface area contributed by atoms with Crippen LogP contribution in [0.2, 0.25) is 0 Å². The minimum Gasteiger partial charge on any atom is -0.487 e. The van der Waals surface area contributed by atoms with Gasteiger partial charge in [-0.25, -0.2) is 13.4 Å². The standard InChI is InChI=1S/C23H28FN3O4S/c1-2-7-19-10-6-11-26(19)14-18-12-20(24)23(27-15-22(28)25-32(27,29)30)21(13-18)31-16-17-8-4-3-5-9-17/h3-5,8-9,12-13,19H,2,6-7,10-11,14-16H2,1H3,(H,25,28). The van der Waals surface area contributed by atoms with Crippen LogP contribution < -0.4 is 13.8 Å². The molecule has 0 saturated carbocycles. The van der Waals surface area contributed by atoms with Gasteiger partial charge in [0.1, 0.15) is 24.6 Å². The Hall–Kier alpha value is -2.65. The van der Waals surface area contributed by atoms with Crippen molar-refractivity contribution in [2.24, 2.45) is 0 Å². The number of hydrogen-bond donors (Lipinski definition) is 1. The van der Waals surface area contributed by atoms with Gasteiger partial charge in [0, 0.05) is 12.6 Å². The lowest BCUT2D eigenvalue weighted by molar-refractivity contribution is -0.117. The van der Waals surface area contributed by atoms with Crippen molar-refractivity contribution < 1.29 is 22.3 Å². The van der Waals surface area contributed by atoms with Crippen LogP contribution in [0.5, 0.6) is 5.75 Å². The van der Waals surface area contributed by atoms with Crippen molar-refractivity contribution in [3.8, 4) is 5.75 Å². The lowest BCUT2D eigenvalue weighted by Gasteiger charge is -2.25. The molecule has 4 rings (SSSR count). The largest absolute Gasteiger partial charge is 0.487 e. The molecule has 7 nitrogen and oxygen atoms in total. The van der Waals surface area contributed by atoms with Gasteiger partial charge in [0.2, 0.25) is 0 Å². The van der Waals surface area contributed by atoms with Crippen molar-refractivity contribution in [2.75, 3.05) is 17.4 Å². The Morgan fingerprint density at radius 1 is 1.19 bits per heavy atom. The summed E-state index contributed by atoms with van der Waals surface area (Å²) in [5.41, 5.74) is 1.34. The molecule has 0 bridgehead atoms. The van der Waals surface area contributed by atoms with E-state index in [2.05, 4.69) is 11.8 Å². The van der Waals surface area contributed by atoms with Gasteiger partial charge in [-0.15, -0.1) is 0 Å². The summed E-state index contributed by atoms with van der Waals surface area (Å²) in [6, 6.07) is 12.9. The van der Waals surface area contributed by atoms with Gasteiger partial charge in [0.25, 0.3) is 5.91 Å². The van der Waals surface area contributed by atoms with Crippen LogP contribution in [0.15, 0.2) is 42.5 Å². The molecule has 172 valence electrons. The van der Waals surface area contributed by atoms with E-state index >= 15 is 4.39 Å². The smallest absolute Gasteiger partial charge is 0.326 e. The molecule has 2 aromatic carbocycles. The maximum atomic E-state index is 15.3. The van der Waals surface area contributed by atoms with E-state index < -0.39 is 28.5 Å². The Kier molecular flexibility index (Phi) is 6.66. The van der Waals surface area contributed by atoms with E-state index in [4.69, 9.17) is 4.74 Å². The second-order valence-corrected chi connectivity index (χ2v) is 9.89. The first kappa shape index (κ1) is 22.5. The molecule has 2 aliphatic heterocycles. The maximum Gasteiger partial charge on any atom is 0.326 e. The molecular weight excluding hydrogens is 433 g/mol. The van der Waals surface area contributed by atoms with Gasteiger partial charge in [0.05, 0.1) is 0 Å². The lowest BCUT2D eigenvalue weighted by atomic mass is 10.1. The van der Waals surface area contributed by atoms with Gasteiger partial charge >= 0.3 is 10.2 Å². The van der Waals surface area contributed by atoms with Crippen LogP contribution in [0.1, 0.15) is 43.7 Å². The van der Waals surface area contributed by atoms with E-state index in [0.29, 0.717) is 18.2 Å². The lowest BCUT2D eigenvalue weighted by Crippen LogP contribution is -2.31. The van der Waals surface area contributed by atoms with Crippen LogP contribution in [0.3, 0.4) is 0 Å². The topological polar surface area (TPSA) is 79.0 Å². The fourth-order valence-corrected chi connectivity index (χ4v) is 5.62. The first-order valence-electron chi connectivity index (χ1n) is 10.9. The van der Waals surface area contributed by atoms with E-state index in [9.17, 15) is 13.2 Å². The molecule has 2 heterocycles. The van der Waals surface area contributed by atoms with Crippen LogP contribution in [-0.2, 0) is 28.2 Å². The summed E-state index contributed by atoms with van der Waals surface area (Å²) in [6.07, 6.45) is 4.43. The molecule has 1 N–H and O–H groups in total. The molecule has 1 amide bonds. The van der Waals surface area contributed by atoms with Crippen molar-refractivity contribution in [3.63, 3.8) is 0 Å². The molecule has 9 heteroatoms. The summed E-state index contributed by atoms with van der Waals surface area (Å²) in [6.45, 7) is 3.34. The van der Waals surface area contributed by atoms with Crippen LogP contribution in [0.4, 0.5) is 10.1 Å². The number of rotatable bonds is 8. The van der Waals surface area contributed by atoms with Crippen LogP contribution in [0, 0.1) is 5.82 Å². The highest BCUT2D eigenvalue weighted by molar-refractivity contribution is 7.92. The van der Waals surface area contributed by atoms with Crippen LogP contribution in [0.25, 0.3) is 0 Å². The fraction of sp³-hybridized carbons (Fsp3) is 0.435. The number of anilines is 1. The molecule has 1 atom stereocenters. The average Bonchev–Trinajstić information content (AvgIpc) is 3.29. The highest BCUT2D eigenvalue weighted by atomic mass is 32.2. The number of nitrogens with one attached hydrogen (secondary N) is 1. The Morgan fingerprint density at radius 3 is 2.66 bits per heavy atom. The molecule has 2 aliphatic rings. The number of hydrogen-bond acceptors (Lipinski definition) is 5. The summed E-state index contributed by atoms with van der Waals surface area (Å²) in [4.78, 5) is 14.1. The third-order valence-corrected chi connectivity index (χ3v) is 7.28. The van der Waals surface area contributed by atoms with Crippen molar-refractivity contribution in [3.05, 3.63) is 59.4 Å². The number of carbonyl (C=O) groups excluding carboxylic acids is 1. The predicted octanol–water partition coefficient (Wildman–Crippen LogP) is 3.35. The Morgan fingerprint density at radius 2 is 1.97 bits per heavy atom. The van der Waals surface area contributed by atoms with E-state index in [1.54, 1.807) is 6.07 Å². The quantitative estimate of drug-likeness (QED) is 0.652. The first-order valence-corrected chi connectivity index (χ1v) is 12.4. The molecule has 0 spiro atoms. The van der Waals surface area contributed by atoms with Gasteiger partial charge in [-0.2, -0.15) is 8.42 Å². The fourth-order valence-electron chi connectivity index (χ4n) is 4.45. The third-order valence-electron chi connectivity index (χ3n) is 5.90. The molecule has 2 saturated heterocycles. The Labute approximate surface area is 188 Å². The van der Waals surface area contributed by atoms with Gasteiger partial charge in [0.15, 0.2) is 5.82 Å². The summed E-state index contributed by atoms with van der Waals surface area (Å²) in [5.74, 6) is -1.32. The average molecular weight is 462 g/mol. The molecule has 0 aliphatic carbocycles. The number of benzene rings is 2. The van der Waals surface area contributed by atoms with Crippen molar-refractivity contribution >= 4 is 21.8 Å². The molecule has 0 radical (unpaired) electrons. The number of likely N-dealkylation sites (tertiary alicyclic amines) is 1. The second kappa shape index (κ2) is 9.46. The highest BCUT2D eigenvalue weighted by Crippen LogP contribution is 2.37. The second-order valence-electron chi connectivity index (χ2n) is 8.29. The summed E-state index contributed by atoms with van der Waals surface area (Å²) < 4.78 is 48.7. The molecule has 2 aromatic rings. The summed E-state index contributed by atoms with van der Waals surface area (Å²) >= 11 is 0. The molecule has 0 aromatic heterocycles. The van der Waals surface area contributed by atoms with Crippen molar-refractivity contribution in [1.29, 1.82) is 0 Å². The third kappa shape index (κ3) is 4.88. The number of carbonyl (C=O) groups is 1. The SMILES string of the molecule is CCCC1CCCN1Cc1cc(F)c(N2CC(=O)NS2(=O)=O)c(OCc2ccccc2)c1. The van der Waals surface area contributed by atoms with Crippen LogP contribution >= 0.6 is 0 Å². The number of amides is 1. The van der Waals surface area contributed by atoms with E-state index in [1.807, 2.05) is 35.1 Å². The van der Waals surface area contributed by atoms with E-state index in [0.717, 1.165) is 42.1 Å². The minimum absolute atomic E-state index is 0.107. The molecular formula is C23H28FN3O4S. The van der Waals surface area contributed by atoms with Gasteiger partial charge in [-0.3, -0.25) is 9.69 Å². The molecule has 2 fully saturated rings. The minimum atomic E-state index is -4.17. The Balaban J connectivity index is 1.66. The zero-order valence-electron chi connectivity index (χ0n) is 18.1. The number of halogens is 1. The number of nitrogens with zero attached hydrogens (tertiary/aromatic N) is 2. The first-order chi connectivity index (χ1) is 15.4. The summed E-state index contributed by atoms with van der Waals surface area (Å²) in [7, 11) is -4.17. The maximum absolute atomic E-state index is 15.3. The van der Waals surface area contributed by atoms with Gasteiger partial charge in [-0.1, -0.05) is 43.7 Å². The van der Waals surface area contributed by atoms with Crippen molar-refractivity contribution in [1.82, 2.24) is 9.62 Å². The highest BCUT2D eigenvalue weighted by Gasteiger charge is 2.38. The number of ether oxygens (including phenoxy) is 1. The monoisotopic (exact) mass is 461 g/mol. The van der Waals surface area contributed by atoms with Gasteiger partial charge in [-0.05, 0) is 49.1 Å². The Bertz CT molecular complexity index is 1080.